The number of ether oxygens (including phenoxy) is 1. The molecule has 1 saturated carbocycles. The monoisotopic (exact) mass is 428 g/mol. The van der Waals surface area contributed by atoms with Crippen molar-refractivity contribution < 1.29 is 9.53 Å². The van der Waals surface area contributed by atoms with Gasteiger partial charge in [0.25, 0.3) is 5.91 Å². The lowest BCUT2D eigenvalue weighted by atomic mass is 9.73. The quantitative estimate of drug-likeness (QED) is 0.536. The number of likely N-dealkylation sites (tertiary alicyclic amines) is 1. The van der Waals surface area contributed by atoms with Crippen LogP contribution in [0.1, 0.15) is 40.6 Å². The number of aromatic amines is 1. The standard InChI is InChI=1S/C24H24N6O2/c1-14-3-8-21(30-25-9-10-26-30)18(11-14)24(31)29-13-15-4-6-17(15)22(29)23-27-19-7-5-16(32-2)12-20(19)28-23/h3,5,7-12,15,17,22H,4,6,13H2,1-2H3,(H,27,28)/t15-,17-,22-/m0/s1. The van der Waals surface area contributed by atoms with Gasteiger partial charge in [-0.15, -0.1) is 0 Å². The average molecular weight is 428 g/mol. The van der Waals surface area contributed by atoms with Crippen LogP contribution >= 0.6 is 0 Å². The summed E-state index contributed by atoms with van der Waals surface area (Å²) in [5.41, 5.74) is 4.14. The second-order valence-electron chi connectivity index (χ2n) is 8.75. The van der Waals surface area contributed by atoms with Gasteiger partial charge in [0.15, 0.2) is 0 Å². The summed E-state index contributed by atoms with van der Waals surface area (Å²) in [4.78, 5) is 25.8. The lowest BCUT2D eigenvalue weighted by molar-refractivity contribution is 0.0709. The Balaban J connectivity index is 1.42. The third-order valence-corrected chi connectivity index (χ3v) is 6.91. The summed E-state index contributed by atoms with van der Waals surface area (Å²) in [5.74, 6) is 2.57. The van der Waals surface area contributed by atoms with Crippen LogP contribution in [0, 0.1) is 18.8 Å². The van der Waals surface area contributed by atoms with Crippen molar-refractivity contribution >= 4 is 16.9 Å². The number of hydrogen-bond donors (Lipinski definition) is 1. The van der Waals surface area contributed by atoms with Crippen molar-refractivity contribution in [2.75, 3.05) is 13.7 Å². The van der Waals surface area contributed by atoms with Crippen molar-refractivity contribution in [2.45, 2.75) is 25.8 Å². The van der Waals surface area contributed by atoms with Crippen molar-refractivity contribution in [2.24, 2.45) is 11.8 Å². The van der Waals surface area contributed by atoms with Gasteiger partial charge < -0.3 is 14.6 Å². The van der Waals surface area contributed by atoms with Gasteiger partial charge in [0.2, 0.25) is 0 Å². The topological polar surface area (TPSA) is 88.9 Å². The molecule has 2 aromatic carbocycles. The fourth-order valence-electron chi connectivity index (χ4n) is 5.16. The van der Waals surface area contributed by atoms with Crippen LogP contribution in [0.25, 0.3) is 16.7 Å². The minimum Gasteiger partial charge on any atom is -0.497 e. The molecule has 162 valence electrons. The van der Waals surface area contributed by atoms with E-state index in [0.29, 0.717) is 23.1 Å². The highest BCUT2D eigenvalue weighted by atomic mass is 16.5. The number of rotatable bonds is 4. The van der Waals surface area contributed by atoms with Gasteiger partial charge in [-0.25, -0.2) is 4.98 Å². The highest BCUT2D eigenvalue weighted by Gasteiger charge is 2.50. The van der Waals surface area contributed by atoms with Gasteiger partial charge in [-0.2, -0.15) is 15.0 Å². The number of imidazole rings is 1. The number of carbonyl (C=O) groups excluding carboxylic acids is 1. The second-order valence-corrected chi connectivity index (χ2v) is 8.75. The number of fused-ring (bicyclic) bond motifs is 2. The van der Waals surface area contributed by atoms with Crippen LogP contribution in [0.3, 0.4) is 0 Å². The van der Waals surface area contributed by atoms with E-state index in [0.717, 1.165) is 47.6 Å². The molecule has 4 aromatic rings. The van der Waals surface area contributed by atoms with Gasteiger partial charge in [-0.3, -0.25) is 4.79 Å². The van der Waals surface area contributed by atoms with Crippen molar-refractivity contribution in [1.29, 1.82) is 0 Å². The van der Waals surface area contributed by atoms with Gasteiger partial charge in [0.1, 0.15) is 11.6 Å². The first kappa shape index (κ1) is 19.0. The molecule has 6 rings (SSSR count). The first-order chi connectivity index (χ1) is 15.6. The zero-order chi connectivity index (χ0) is 21.8. The van der Waals surface area contributed by atoms with Gasteiger partial charge in [0, 0.05) is 12.6 Å². The predicted octanol–water partition coefficient (Wildman–Crippen LogP) is 3.68. The summed E-state index contributed by atoms with van der Waals surface area (Å²) in [7, 11) is 1.66. The van der Waals surface area contributed by atoms with E-state index < -0.39 is 0 Å². The van der Waals surface area contributed by atoms with Gasteiger partial charge in [-0.05, 0) is 55.9 Å². The van der Waals surface area contributed by atoms with E-state index in [9.17, 15) is 4.79 Å². The lowest BCUT2D eigenvalue weighted by Crippen LogP contribution is -2.33. The summed E-state index contributed by atoms with van der Waals surface area (Å²) in [5, 5.41) is 8.51. The maximum Gasteiger partial charge on any atom is 0.256 e. The van der Waals surface area contributed by atoms with Crippen LogP contribution in [0.4, 0.5) is 0 Å². The van der Waals surface area contributed by atoms with Crippen molar-refractivity contribution in [3.63, 3.8) is 0 Å². The number of methoxy groups -OCH3 is 1. The van der Waals surface area contributed by atoms with E-state index in [2.05, 4.69) is 15.2 Å². The Labute approximate surface area is 185 Å². The third kappa shape index (κ3) is 2.90. The molecule has 1 aliphatic carbocycles. The Kier molecular flexibility index (Phi) is 4.28. The number of nitrogens with one attached hydrogen (secondary N) is 1. The van der Waals surface area contributed by atoms with Gasteiger partial charge in [0.05, 0.1) is 47.8 Å². The van der Waals surface area contributed by atoms with E-state index >= 15 is 0 Å². The maximum absolute atomic E-state index is 13.9. The lowest BCUT2D eigenvalue weighted by Gasteiger charge is -2.32. The van der Waals surface area contributed by atoms with Crippen molar-refractivity contribution in [1.82, 2.24) is 29.9 Å². The highest BCUT2D eigenvalue weighted by Crippen LogP contribution is 2.52. The number of aryl methyl sites for hydroxylation is 1. The SMILES string of the molecule is COc1ccc2nc([C@@H]3[C@H]4CC[C@H]4CN3C(=O)c3cc(C)ccc3-n3nccn3)[nH]c2c1. The molecule has 0 spiro atoms. The third-order valence-electron chi connectivity index (χ3n) is 6.91. The molecule has 3 atom stereocenters. The number of nitrogens with zero attached hydrogens (tertiary/aromatic N) is 5. The van der Waals surface area contributed by atoms with E-state index in [1.807, 2.05) is 48.2 Å². The Bertz CT molecular complexity index is 1310. The molecule has 0 radical (unpaired) electrons. The Morgan fingerprint density at radius 2 is 1.97 bits per heavy atom. The van der Waals surface area contributed by atoms with Gasteiger partial charge in [-0.1, -0.05) is 11.6 Å². The Morgan fingerprint density at radius 1 is 1.12 bits per heavy atom. The van der Waals surface area contributed by atoms with Crippen LogP contribution in [0.5, 0.6) is 5.75 Å². The maximum atomic E-state index is 13.9. The van der Waals surface area contributed by atoms with Crippen LogP contribution in [-0.4, -0.2) is 49.4 Å². The smallest absolute Gasteiger partial charge is 0.256 e. The van der Waals surface area contributed by atoms with E-state index in [1.165, 1.54) is 4.80 Å². The van der Waals surface area contributed by atoms with Crippen LogP contribution < -0.4 is 4.74 Å². The number of benzene rings is 2. The molecule has 2 fully saturated rings. The van der Waals surface area contributed by atoms with E-state index in [4.69, 9.17) is 9.72 Å². The predicted molar refractivity (Wildman–Crippen MR) is 119 cm³/mol. The van der Waals surface area contributed by atoms with Crippen molar-refractivity contribution in [3.05, 3.63) is 65.7 Å². The fraction of sp³-hybridized carbons (Fsp3) is 0.333. The van der Waals surface area contributed by atoms with Crippen LogP contribution in [0.15, 0.2) is 48.8 Å². The molecule has 1 N–H and O–H groups in total. The molecule has 2 aromatic heterocycles. The molecule has 32 heavy (non-hydrogen) atoms. The summed E-state index contributed by atoms with van der Waals surface area (Å²) in [6, 6.07) is 11.6. The van der Waals surface area contributed by atoms with Gasteiger partial charge >= 0.3 is 0 Å². The summed E-state index contributed by atoms with van der Waals surface area (Å²) < 4.78 is 5.36. The summed E-state index contributed by atoms with van der Waals surface area (Å²) in [6.45, 7) is 2.74. The minimum atomic E-state index is -0.0708. The molecule has 8 nitrogen and oxygen atoms in total. The molecule has 1 amide bonds. The summed E-state index contributed by atoms with van der Waals surface area (Å²) in [6.07, 6.45) is 5.51. The molecule has 2 aliphatic rings. The fourth-order valence-corrected chi connectivity index (χ4v) is 5.16. The number of carbonyl (C=O) groups is 1. The van der Waals surface area contributed by atoms with E-state index in [-0.39, 0.29) is 11.9 Å². The molecular formula is C24H24N6O2. The molecule has 0 unspecified atom stereocenters. The summed E-state index contributed by atoms with van der Waals surface area (Å²) >= 11 is 0. The normalized spacial score (nSPS) is 22.1. The molecular weight excluding hydrogens is 404 g/mol. The zero-order valence-corrected chi connectivity index (χ0v) is 18.0. The minimum absolute atomic E-state index is 0.00145. The molecule has 1 aliphatic heterocycles. The first-order valence-electron chi connectivity index (χ1n) is 10.9. The first-order valence-corrected chi connectivity index (χ1v) is 10.9. The van der Waals surface area contributed by atoms with Crippen LogP contribution in [-0.2, 0) is 0 Å². The zero-order valence-electron chi connectivity index (χ0n) is 18.0. The van der Waals surface area contributed by atoms with Crippen LogP contribution in [0.2, 0.25) is 0 Å². The number of hydrogen-bond acceptors (Lipinski definition) is 5. The molecule has 3 heterocycles. The Morgan fingerprint density at radius 3 is 2.72 bits per heavy atom. The average Bonchev–Trinajstić information content (AvgIpc) is 3.51. The number of H-pyrrole nitrogens is 1. The van der Waals surface area contributed by atoms with E-state index in [1.54, 1.807) is 19.5 Å². The number of amides is 1. The largest absolute Gasteiger partial charge is 0.497 e. The molecule has 1 saturated heterocycles. The Hall–Kier alpha value is -3.68. The highest BCUT2D eigenvalue weighted by molar-refractivity contribution is 5.98. The molecule has 0 bridgehead atoms. The number of aromatic nitrogens is 5. The van der Waals surface area contributed by atoms with Crippen molar-refractivity contribution in [3.8, 4) is 11.4 Å². The second kappa shape index (κ2) is 7.19. The molecule has 8 heteroatoms.